The van der Waals surface area contributed by atoms with E-state index < -0.39 is 17.2 Å². The van der Waals surface area contributed by atoms with Gasteiger partial charge in [-0.25, -0.2) is 4.39 Å². The molecule has 0 saturated heterocycles. The molecule has 0 saturated carbocycles. The number of pyridine rings is 1. The van der Waals surface area contributed by atoms with Crippen LogP contribution in [0.2, 0.25) is 0 Å². The highest BCUT2D eigenvalue weighted by molar-refractivity contribution is 6.03. The van der Waals surface area contributed by atoms with E-state index in [4.69, 9.17) is 4.74 Å². The minimum Gasteiger partial charge on any atom is -0.450 e. The molecule has 2 aliphatic heterocycles. The Morgan fingerprint density at radius 3 is 2.74 bits per heavy atom. The van der Waals surface area contributed by atoms with Gasteiger partial charge in [0.05, 0.1) is 24.0 Å². The first kappa shape index (κ1) is 27.7. The van der Waals surface area contributed by atoms with Crippen molar-refractivity contribution in [1.29, 1.82) is 0 Å². The average molecular weight is 571 g/mol. The summed E-state index contributed by atoms with van der Waals surface area (Å²) in [5, 5.41) is 8.02. The maximum Gasteiger partial charge on any atom is 0.256 e. The lowest BCUT2D eigenvalue weighted by atomic mass is 10.0. The van der Waals surface area contributed by atoms with E-state index in [1.165, 1.54) is 6.07 Å². The van der Waals surface area contributed by atoms with Crippen LogP contribution in [0.15, 0.2) is 58.4 Å². The summed E-state index contributed by atoms with van der Waals surface area (Å²) in [6.07, 6.45) is 5.89. The van der Waals surface area contributed by atoms with Crippen molar-refractivity contribution < 1.29 is 13.9 Å². The molecule has 1 aromatic heterocycles. The number of halogens is 1. The number of nitrogens with one attached hydrogen (secondary N) is 2. The fraction of sp³-hybridized carbons (Fsp3) is 0.344. The van der Waals surface area contributed by atoms with E-state index in [2.05, 4.69) is 25.4 Å². The lowest BCUT2D eigenvalue weighted by Crippen LogP contribution is -2.32. The van der Waals surface area contributed by atoms with Gasteiger partial charge < -0.3 is 29.7 Å². The SMILES string of the molecule is CN(C)CCCCNc1c(F)cc2c(=O)c(C(=O)NCCCN3C=NCC3)cn3c2c1Oc1c-3ccc2ccccc12. The summed E-state index contributed by atoms with van der Waals surface area (Å²) in [5.74, 6) is -0.287. The monoisotopic (exact) mass is 570 g/mol. The third-order valence-electron chi connectivity index (χ3n) is 7.77. The second-order valence-electron chi connectivity index (χ2n) is 11.0. The number of carbonyl (C=O) groups is 1. The molecule has 0 bridgehead atoms. The van der Waals surface area contributed by atoms with Crippen molar-refractivity contribution in [2.45, 2.75) is 19.3 Å². The van der Waals surface area contributed by atoms with E-state index in [1.54, 1.807) is 10.8 Å². The van der Waals surface area contributed by atoms with Crippen molar-refractivity contribution >= 4 is 39.6 Å². The fourth-order valence-electron chi connectivity index (χ4n) is 5.60. The molecule has 2 N–H and O–H groups in total. The first-order valence-electron chi connectivity index (χ1n) is 14.4. The van der Waals surface area contributed by atoms with Crippen molar-refractivity contribution in [2.24, 2.45) is 4.99 Å². The van der Waals surface area contributed by atoms with Crippen LogP contribution in [0.5, 0.6) is 11.5 Å². The van der Waals surface area contributed by atoms with Gasteiger partial charge in [0.2, 0.25) is 5.43 Å². The van der Waals surface area contributed by atoms with Crippen LogP contribution in [0.3, 0.4) is 0 Å². The Balaban J connectivity index is 1.39. The van der Waals surface area contributed by atoms with Crippen LogP contribution < -0.4 is 20.8 Å². The molecule has 9 nitrogen and oxygen atoms in total. The van der Waals surface area contributed by atoms with Crippen molar-refractivity contribution in [3.63, 3.8) is 0 Å². The Bertz CT molecular complexity index is 1750. The lowest BCUT2D eigenvalue weighted by molar-refractivity contribution is 0.0951. The minimum absolute atomic E-state index is 0.0408. The maximum atomic E-state index is 15.7. The molecule has 0 aliphatic carbocycles. The van der Waals surface area contributed by atoms with Gasteiger partial charge in [0.1, 0.15) is 16.8 Å². The number of amides is 1. The molecule has 6 rings (SSSR count). The van der Waals surface area contributed by atoms with Crippen LogP contribution >= 0.6 is 0 Å². The number of nitrogens with zero attached hydrogens (tertiary/aromatic N) is 4. The van der Waals surface area contributed by atoms with Crippen LogP contribution in [-0.4, -0.2) is 80.0 Å². The number of hydrogen-bond acceptors (Lipinski definition) is 7. The van der Waals surface area contributed by atoms with Gasteiger partial charge in [-0.05, 0) is 57.4 Å². The Morgan fingerprint density at radius 2 is 1.93 bits per heavy atom. The van der Waals surface area contributed by atoms with E-state index in [-0.39, 0.29) is 22.4 Å². The Hall–Kier alpha value is -4.44. The second-order valence-corrected chi connectivity index (χ2v) is 11.0. The highest BCUT2D eigenvalue weighted by Gasteiger charge is 2.29. The second kappa shape index (κ2) is 11.8. The molecule has 0 spiro atoms. The number of aromatic nitrogens is 1. The zero-order valence-corrected chi connectivity index (χ0v) is 24.0. The number of fused-ring (bicyclic) bond motifs is 4. The largest absolute Gasteiger partial charge is 0.450 e. The highest BCUT2D eigenvalue weighted by atomic mass is 19.1. The lowest BCUT2D eigenvalue weighted by Gasteiger charge is -2.27. The van der Waals surface area contributed by atoms with Crippen LogP contribution in [0.25, 0.3) is 27.4 Å². The van der Waals surface area contributed by atoms with E-state index in [0.717, 1.165) is 49.8 Å². The van der Waals surface area contributed by atoms with Gasteiger partial charge in [0.15, 0.2) is 17.3 Å². The zero-order valence-electron chi connectivity index (χ0n) is 24.0. The normalized spacial score (nSPS) is 13.6. The van der Waals surface area contributed by atoms with Crippen molar-refractivity contribution in [2.75, 3.05) is 58.7 Å². The number of ether oxygens (including phenoxy) is 1. The van der Waals surface area contributed by atoms with Crippen molar-refractivity contribution in [3.05, 3.63) is 70.3 Å². The average Bonchev–Trinajstić information content (AvgIpc) is 3.51. The molecule has 2 aliphatic rings. The van der Waals surface area contributed by atoms with E-state index in [0.29, 0.717) is 36.5 Å². The predicted molar refractivity (Wildman–Crippen MR) is 165 cm³/mol. The van der Waals surface area contributed by atoms with Gasteiger partial charge in [-0.2, -0.15) is 0 Å². The number of rotatable bonds is 11. The summed E-state index contributed by atoms with van der Waals surface area (Å²) >= 11 is 0. The molecule has 3 heterocycles. The molecular weight excluding hydrogens is 535 g/mol. The molecular formula is C32H35FN6O3. The topological polar surface area (TPSA) is 91.2 Å². The quantitative estimate of drug-likeness (QED) is 0.226. The standard InChI is InChI=1S/C32H35FN6O3/c1-37(2)15-6-5-12-35-27-25(33)18-23-28-31(27)42-30-22-9-4-3-8-21(22)10-11-26(30)39(28)19-24(29(23)40)32(41)36-13-7-16-38-17-14-34-20-38/h3-4,8-11,18-20,35H,5-7,12-17H2,1-2H3,(H,36,41). The fourth-order valence-corrected chi connectivity index (χ4v) is 5.60. The molecule has 10 heteroatoms. The molecule has 1 amide bonds. The van der Waals surface area contributed by atoms with Crippen LogP contribution in [0.1, 0.15) is 29.6 Å². The van der Waals surface area contributed by atoms with E-state index >= 15 is 4.39 Å². The van der Waals surface area contributed by atoms with Gasteiger partial charge in [0, 0.05) is 37.8 Å². The minimum atomic E-state index is -0.595. The van der Waals surface area contributed by atoms with Gasteiger partial charge in [0.25, 0.3) is 5.91 Å². The number of unbranched alkanes of at least 4 members (excludes halogenated alkanes) is 1. The first-order chi connectivity index (χ1) is 20.4. The van der Waals surface area contributed by atoms with Gasteiger partial charge in [-0.15, -0.1) is 0 Å². The third-order valence-corrected chi connectivity index (χ3v) is 7.77. The summed E-state index contributed by atoms with van der Waals surface area (Å²) in [4.78, 5) is 35.4. The number of carbonyl (C=O) groups excluding carboxylic acids is 1. The summed E-state index contributed by atoms with van der Waals surface area (Å²) in [5.41, 5.74) is 0.751. The van der Waals surface area contributed by atoms with Crippen LogP contribution in [-0.2, 0) is 0 Å². The summed E-state index contributed by atoms with van der Waals surface area (Å²) in [7, 11) is 4.04. The molecule has 4 aromatic rings. The van der Waals surface area contributed by atoms with Gasteiger partial charge in [-0.3, -0.25) is 14.6 Å². The highest BCUT2D eigenvalue weighted by Crippen LogP contribution is 2.47. The summed E-state index contributed by atoms with van der Waals surface area (Å²) in [6.45, 7) is 4.31. The third kappa shape index (κ3) is 5.30. The van der Waals surface area contributed by atoms with Crippen LogP contribution in [0.4, 0.5) is 10.1 Å². The Morgan fingerprint density at radius 1 is 1.07 bits per heavy atom. The van der Waals surface area contributed by atoms with Crippen molar-refractivity contribution in [1.82, 2.24) is 19.7 Å². The van der Waals surface area contributed by atoms with E-state index in [1.807, 2.05) is 56.8 Å². The smallest absolute Gasteiger partial charge is 0.256 e. The molecule has 0 unspecified atom stereocenters. The summed E-state index contributed by atoms with van der Waals surface area (Å²) < 4.78 is 24.0. The first-order valence-corrected chi connectivity index (χ1v) is 14.4. The molecule has 0 fully saturated rings. The molecule has 218 valence electrons. The number of hydrogen-bond donors (Lipinski definition) is 2. The molecule has 0 radical (unpaired) electrons. The number of anilines is 1. The van der Waals surface area contributed by atoms with Crippen LogP contribution in [0, 0.1) is 5.82 Å². The van der Waals surface area contributed by atoms with Gasteiger partial charge in [-0.1, -0.05) is 30.3 Å². The zero-order chi connectivity index (χ0) is 29.2. The van der Waals surface area contributed by atoms with Crippen molar-refractivity contribution in [3.8, 4) is 17.2 Å². The summed E-state index contributed by atoms with van der Waals surface area (Å²) in [6, 6.07) is 12.9. The number of aliphatic imine (C=N–C) groups is 1. The maximum absolute atomic E-state index is 15.7. The van der Waals surface area contributed by atoms with Gasteiger partial charge >= 0.3 is 0 Å². The predicted octanol–water partition coefficient (Wildman–Crippen LogP) is 4.61. The van der Waals surface area contributed by atoms with E-state index in [9.17, 15) is 9.59 Å². The number of benzene rings is 3. The Labute approximate surface area is 243 Å². The molecule has 42 heavy (non-hydrogen) atoms. The Kier molecular flexibility index (Phi) is 7.80. The molecule has 3 aromatic carbocycles. The molecule has 0 atom stereocenters.